The van der Waals surface area contributed by atoms with Gasteiger partial charge in [-0.2, -0.15) is 0 Å². The van der Waals surface area contributed by atoms with Gasteiger partial charge in [0, 0.05) is 39.3 Å². The number of methoxy groups -OCH3 is 1. The quantitative estimate of drug-likeness (QED) is 0.443. The Hall–Kier alpha value is -4.11. The number of piperazine rings is 1. The molecular formula is C29H28FN3O5. The number of imide groups is 1. The van der Waals surface area contributed by atoms with Crippen LogP contribution in [0.2, 0.25) is 0 Å². The molecule has 0 bridgehead atoms. The lowest BCUT2D eigenvalue weighted by Crippen LogP contribution is -2.46. The number of nitrogens with zero attached hydrogens (tertiary/aromatic N) is 3. The van der Waals surface area contributed by atoms with Crippen molar-refractivity contribution in [1.29, 1.82) is 0 Å². The molecule has 0 saturated carbocycles. The van der Waals surface area contributed by atoms with Gasteiger partial charge >= 0.3 is 0 Å². The van der Waals surface area contributed by atoms with Crippen LogP contribution in [0.15, 0.2) is 54.6 Å². The maximum absolute atomic E-state index is 13.6. The van der Waals surface area contributed by atoms with Crippen LogP contribution in [0.4, 0.5) is 10.1 Å². The van der Waals surface area contributed by atoms with Crippen LogP contribution in [0.5, 0.6) is 17.2 Å². The van der Waals surface area contributed by atoms with Gasteiger partial charge in [0.15, 0.2) is 11.5 Å². The fourth-order valence-electron chi connectivity index (χ4n) is 5.40. The Labute approximate surface area is 220 Å². The van der Waals surface area contributed by atoms with Crippen molar-refractivity contribution < 1.29 is 28.2 Å². The number of carbonyl (C=O) groups excluding carboxylic acids is 2. The third kappa shape index (κ3) is 4.43. The fraction of sp³-hybridized carbons (Fsp3) is 0.310. The molecule has 3 heterocycles. The van der Waals surface area contributed by atoms with Crippen LogP contribution >= 0.6 is 0 Å². The molecule has 0 unspecified atom stereocenters. The number of halogens is 1. The summed E-state index contributed by atoms with van der Waals surface area (Å²) in [6.07, 6.45) is 0.405. The third-order valence-corrected chi connectivity index (χ3v) is 7.33. The van der Waals surface area contributed by atoms with E-state index in [4.69, 9.17) is 14.2 Å². The summed E-state index contributed by atoms with van der Waals surface area (Å²) < 4.78 is 30.1. The lowest BCUT2D eigenvalue weighted by molar-refractivity contribution is 0.0656. The number of rotatable bonds is 7. The number of fused-ring (bicyclic) bond motifs is 2. The normalized spacial score (nSPS) is 16.8. The van der Waals surface area contributed by atoms with E-state index < -0.39 is 0 Å². The predicted molar refractivity (Wildman–Crippen MR) is 139 cm³/mol. The van der Waals surface area contributed by atoms with Crippen molar-refractivity contribution in [3.8, 4) is 17.2 Å². The predicted octanol–water partition coefficient (Wildman–Crippen LogP) is 3.72. The maximum Gasteiger partial charge on any atom is 0.263 e. The zero-order valence-corrected chi connectivity index (χ0v) is 21.1. The number of benzene rings is 3. The topological polar surface area (TPSA) is 71.6 Å². The molecule has 196 valence electrons. The molecule has 0 aromatic heterocycles. The van der Waals surface area contributed by atoms with Crippen LogP contribution in [-0.4, -0.2) is 68.2 Å². The molecular weight excluding hydrogens is 489 g/mol. The van der Waals surface area contributed by atoms with Gasteiger partial charge in [0.1, 0.15) is 5.82 Å². The smallest absolute Gasteiger partial charge is 0.263 e. The van der Waals surface area contributed by atoms with Gasteiger partial charge in [-0.15, -0.1) is 0 Å². The van der Waals surface area contributed by atoms with E-state index in [0.717, 1.165) is 49.5 Å². The van der Waals surface area contributed by atoms with Crippen molar-refractivity contribution >= 4 is 17.5 Å². The van der Waals surface area contributed by atoms with Crippen LogP contribution in [0.3, 0.4) is 0 Å². The summed E-state index contributed by atoms with van der Waals surface area (Å²) in [6.45, 7) is 4.18. The van der Waals surface area contributed by atoms with Crippen LogP contribution in [0.25, 0.3) is 0 Å². The minimum atomic E-state index is -0.330. The minimum absolute atomic E-state index is 0.193. The van der Waals surface area contributed by atoms with Crippen molar-refractivity contribution in [3.63, 3.8) is 0 Å². The molecule has 38 heavy (non-hydrogen) atoms. The van der Waals surface area contributed by atoms with Gasteiger partial charge in [-0.25, -0.2) is 4.39 Å². The van der Waals surface area contributed by atoms with Crippen LogP contribution in [-0.2, 0) is 13.0 Å². The first-order chi connectivity index (χ1) is 18.5. The van der Waals surface area contributed by atoms with Crippen LogP contribution in [0, 0.1) is 5.82 Å². The Morgan fingerprint density at radius 2 is 1.74 bits per heavy atom. The summed E-state index contributed by atoms with van der Waals surface area (Å²) in [6, 6.07) is 15.7. The summed E-state index contributed by atoms with van der Waals surface area (Å²) in [7, 11) is 1.62. The van der Waals surface area contributed by atoms with Crippen molar-refractivity contribution in [3.05, 3.63) is 82.7 Å². The Morgan fingerprint density at radius 3 is 2.53 bits per heavy atom. The van der Waals surface area contributed by atoms with Gasteiger partial charge in [-0.05, 0) is 53.9 Å². The van der Waals surface area contributed by atoms with Crippen molar-refractivity contribution in [2.75, 3.05) is 51.5 Å². The highest BCUT2D eigenvalue weighted by Gasteiger charge is 2.38. The van der Waals surface area contributed by atoms with E-state index in [9.17, 15) is 14.0 Å². The lowest BCUT2D eigenvalue weighted by atomic mass is 10.1. The highest BCUT2D eigenvalue weighted by atomic mass is 19.1. The van der Waals surface area contributed by atoms with E-state index in [1.54, 1.807) is 25.3 Å². The largest absolute Gasteiger partial charge is 0.493 e. The van der Waals surface area contributed by atoms with Gasteiger partial charge < -0.3 is 19.1 Å². The molecule has 0 aliphatic carbocycles. The SMILES string of the molecule is COc1cc(CN2CCN(c3cccc4c3C(=O)N(CCc3cccc(F)c3)C4=O)CC2)cc2c1OCO2. The van der Waals surface area contributed by atoms with Crippen molar-refractivity contribution in [2.24, 2.45) is 0 Å². The molecule has 3 aromatic carbocycles. The number of hydrogen-bond acceptors (Lipinski definition) is 7. The summed E-state index contributed by atoms with van der Waals surface area (Å²) >= 11 is 0. The third-order valence-electron chi connectivity index (χ3n) is 7.33. The van der Waals surface area contributed by atoms with E-state index in [0.29, 0.717) is 34.8 Å². The van der Waals surface area contributed by atoms with Gasteiger partial charge in [0.05, 0.1) is 23.9 Å². The zero-order chi connectivity index (χ0) is 26.2. The summed E-state index contributed by atoms with van der Waals surface area (Å²) in [5.41, 5.74) is 3.51. The van der Waals surface area contributed by atoms with Crippen molar-refractivity contribution in [2.45, 2.75) is 13.0 Å². The minimum Gasteiger partial charge on any atom is -0.493 e. The van der Waals surface area contributed by atoms with Crippen molar-refractivity contribution in [1.82, 2.24) is 9.80 Å². The van der Waals surface area contributed by atoms with E-state index in [1.165, 1.54) is 17.0 Å². The number of anilines is 1. The highest BCUT2D eigenvalue weighted by Crippen LogP contribution is 2.42. The molecule has 1 saturated heterocycles. The van der Waals surface area contributed by atoms with E-state index in [-0.39, 0.29) is 31.0 Å². The molecule has 8 nitrogen and oxygen atoms in total. The summed E-state index contributed by atoms with van der Waals surface area (Å²) in [4.78, 5) is 32.3. The van der Waals surface area contributed by atoms with Crippen LogP contribution in [0.1, 0.15) is 31.8 Å². The van der Waals surface area contributed by atoms with Gasteiger partial charge in [-0.3, -0.25) is 19.4 Å². The zero-order valence-electron chi connectivity index (χ0n) is 21.1. The Bertz CT molecular complexity index is 1400. The first-order valence-corrected chi connectivity index (χ1v) is 12.7. The number of carbonyl (C=O) groups is 2. The molecule has 3 aliphatic rings. The fourth-order valence-corrected chi connectivity index (χ4v) is 5.40. The molecule has 9 heteroatoms. The van der Waals surface area contributed by atoms with Gasteiger partial charge in [0.25, 0.3) is 11.8 Å². The van der Waals surface area contributed by atoms with Gasteiger partial charge in [-0.1, -0.05) is 18.2 Å². The number of ether oxygens (including phenoxy) is 3. The summed E-state index contributed by atoms with van der Waals surface area (Å²) in [5, 5.41) is 0. The molecule has 0 radical (unpaired) electrons. The average Bonchev–Trinajstić information content (AvgIpc) is 3.50. The van der Waals surface area contributed by atoms with E-state index in [1.807, 2.05) is 24.3 Å². The maximum atomic E-state index is 13.6. The molecule has 0 N–H and O–H groups in total. The molecule has 3 aliphatic heterocycles. The second-order valence-electron chi connectivity index (χ2n) is 9.64. The average molecular weight is 518 g/mol. The Morgan fingerprint density at radius 1 is 0.921 bits per heavy atom. The molecule has 0 atom stereocenters. The summed E-state index contributed by atoms with van der Waals surface area (Å²) in [5.74, 6) is 1.10. The molecule has 3 aromatic rings. The lowest BCUT2D eigenvalue weighted by Gasteiger charge is -2.36. The van der Waals surface area contributed by atoms with E-state index >= 15 is 0 Å². The molecule has 1 fully saturated rings. The second kappa shape index (κ2) is 9.98. The number of amides is 2. The second-order valence-corrected chi connectivity index (χ2v) is 9.64. The monoisotopic (exact) mass is 517 g/mol. The first-order valence-electron chi connectivity index (χ1n) is 12.7. The molecule has 6 rings (SSSR count). The Balaban J connectivity index is 1.13. The van der Waals surface area contributed by atoms with E-state index in [2.05, 4.69) is 9.80 Å². The van der Waals surface area contributed by atoms with Crippen LogP contribution < -0.4 is 19.1 Å². The molecule has 0 spiro atoms. The number of hydrogen-bond donors (Lipinski definition) is 0. The first kappa shape index (κ1) is 24.2. The molecule has 2 amide bonds. The highest BCUT2D eigenvalue weighted by molar-refractivity contribution is 6.23. The van der Waals surface area contributed by atoms with Gasteiger partial charge in [0.2, 0.25) is 12.5 Å². The standard InChI is InChI=1S/C29H28FN3O5/c1-36-24-15-20(16-25-27(24)38-18-37-25)17-31-10-12-32(13-11-31)23-7-3-6-22-26(23)29(35)33(28(22)34)9-8-19-4-2-5-21(30)14-19/h2-7,14-16H,8-13,17-18H2,1H3. The Kier molecular flexibility index (Phi) is 6.37.